The topological polar surface area (TPSA) is 58.6 Å². The van der Waals surface area contributed by atoms with E-state index < -0.39 is 6.04 Å². The molecule has 0 heterocycles. The first kappa shape index (κ1) is 25.9. The average molecular weight is 477 g/mol. The summed E-state index contributed by atoms with van der Waals surface area (Å²) in [4.78, 5) is 28.4. The van der Waals surface area contributed by atoms with Crippen LogP contribution in [-0.4, -0.2) is 35.9 Å². The highest BCUT2D eigenvalue weighted by Crippen LogP contribution is 2.17. The highest BCUT2D eigenvalue weighted by atomic mass is 19.1. The zero-order chi connectivity index (χ0) is 25.0. The minimum atomic E-state index is -0.708. The molecule has 2 amide bonds. The zero-order valence-electron chi connectivity index (χ0n) is 20.4. The number of halogens is 1. The van der Waals surface area contributed by atoms with E-state index in [9.17, 15) is 14.0 Å². The third-order valence-corrected chi connectivity index (χ3v) is 5.75. The Morgan fingerprint density at radius 1 is 0.943 bits per heavy atom. The van der Waals surface area contributed by atoms with Gasteiger partial charge in [-0.05, 0) is 48.7 Å². The number of benzene rings is 3. The lowest BCUT2D eigenvalue weighted by Gasteiger charge is -2.31. The van der Waals surface area contributed by atoms with Gasteiger partial charge in [0.2, 0.25) is 5.91 Å². The number of aryl methyl sites for hydroxylation is 1. The van der Waals surface area contributed by atoms with Crippen LogP contribution >= 0.6 is 0 Å². The van der Waals surface area contributed by atoms with Gasteiger partial charge in [0.15, 0.2) is 6.61 Å². The highest BCUT2D eigenvalue weighted by molar-refractivity contribution is 5.88. The predicted octanol–water partition coefficient (Wildman–Crippen LogP) is 5.07. The Labute approximate surface area is 206 Å². The van der Waals surface area contributed by atoms with Crippen LogP contribution in [0.1, 0.15) is 36.5 Å². The van der Waals surface area contributed by atoms with Crippen molar-refractivity contribution in [2.45, 2.75) is 45.7 Å². The standard InChI is InChI=1S/C29H33FN2O3/c1-3-4-18-31-29(34)27(19-23-8-6-5-7-9-23)32(20-24-12-10-22(2)11-13-24)28(33)21-35-26-16-14-25(30)15-17-26/h5-17,27H,3-4,18-21H2,1-2H3,(H,31,34). The van der Waals surface area contributed by atoms with Gasteiger partial charge < -0.3 is 15.0 Å². The molecule has 0 aromatic heterocycles. The summed E-state index contributed by atoms with van der Waals surface area (Å²) in [7, 11) is 0. The molecule has 0 aliphatic rings. The number of ether oxygens (including phenoxy) is 1. The fraction of sp³-hybridized carbons (Fsp3) is 0.310. The number of unbranched alkanes of at least 4 members (excludes halogenated alkanes) is 1. The van der Waals surface area contributed by atoms with Crippen molar-refractivity contribution in [3.63, 3.8) is 0 Å². The molecule has 0 radical (unpaired) electrons. The lowest BCUT2D eigenvalue weighted by molar-refractivity contribution is -0.142. The number of amides is 2. The normalized spacial score (nSPS) is 11.5. The van der Waals surface area contributed by atoms with E-state index in [0.717, 1.165) is 29.5 Å². The van der Waals surface area contributed by atoms with Crippen molar-refractivity contribution in [3.05, 3.63) is 101 Å². The number of nitrogens with one attached hydrogen (secondary N) is 1. The molecule has 6 heteroatoms. The summed E-state index contributed by atoms with van der Waals surface area (Å²) in [5, 5.41) is 3.00. The van der Waals surface area contributed by atoms with E-state index in [4.69, 9.17) is 4.74 Å². The van der Waals surface area contributed by atoms with E-state index in [1.54, 1.807) is 4.90 Å². The van der Waals surface area contributed by atoms with Crippen molar-refractivity contribution < 1.29 is 18.7 Å². The van der Waals surface area contributed by atoms with Gasteiger partial charge in [0.25, 0.3) is 5.91 Å². The Morgan fingerprint density at radius 3 is 2.29 bits per heavy atom. The quantitative estimate of drug-likeness (QED) is 0.372. The molecule has 35 heavy (non-hydrogen) atoms. The SMILES string of the molecule is CCCCNC(=O)C(Cc1ccccc1)N(Cc1ccc(C)cc1)C(=O)COc1ccc(F)cc1. The van der Waals surface area contributed by atoms with E-state index in [0.29, 0.717) is 18.7 Å². The number of hydrogen-bond donors (Lipinski definition) is 1. The third-order valence-electron chi connectivity index (χ3n) is 5.75. The highest BCUT2D eigenvalue weighted by Gasteiger charge is 2.30. The molecule has 0 aliphatic heterocycles. The summed E-state index contributed by atoms with van der Waals surface area (Å²) in [6, 6.07) is 22.4. The van der Waals surface area contributed by atoms with Crippen molar-refractivity contribution in [2.75, 3.05) is 13.2 Å². The number of hydrogen-bond acceptors (Lipinski definition) is 3. The minimum Gasteiger partial charge on any atom is -0.484 e. The maximum atomic E-state index is 13.5. The van der Waals surface area contributed by atoms with E-state index >= 15 is 0 Å². The predicted molar refractivity (Wildman–Crippen MR) is 135 cm³/mol. The van der Waals surface area contributed by atoms with Gasteiger partial charge in [-0.25, -0.2) is 4.39 Å². The summed E-state index contributed by atoms with van der Waals surface area (Å²) >= 11 is 0. The monoisotopic (exact) mass is 476 g/mol. The lowest BCUT2D eigenvalue weighted by atomic mass is 10.0. The van der Waals surface area contributed by atoms with Crippen LogP contribution in [0.5, 0.6) is 5.75 Å². The molecular formula is C29H33FN2O3. The second-order valence-corrected chi connectivity index (χ2v) is 8.60. The minimum absolute atomic E-state index is 0.190. The van der Waals surface area contributed by atoms with Crippen molar-refractivity contribution in [1.82, 2.24) is 10.2 Å². The van der Waals surface area contributed by atoms with Crippen LogP contribution in [0.4, 0.5) is 4.39 Å². The molecule has 0 bridgehead atoms. The van der Waals surface area contributed by atoms with E-state index in [-0.39, 0.29) is 30.8 Å². The van der Waals surface area contributed by atoms with Crippen LogP contribution in [0.3, 0.4) is 0 Å². The van der Waals surface area contributed by atoms with Gasteiger partial charge in [0.1, 0.15) is 17.6 Å². The van der Waals surface area contributed by atoms with Gasteiger partial charge in [-0.1, -0.05) is 73.5 Å². The average Bonchev–Trinajstić information content (AvgIpc) is 2.87. The first-order valence-corrected chi connectivity index (χ1v) is 12.0. The van der Waals surface area contributed by atoms with Crippen LogP contribution in [0.25, 0.3) is 0 Å². The molecule has 1 unspecified atom stereocenters. The summed E-state index contributed by atoms with van der Waals surface area (Å²) in [6.45, 7) is 4.63. The van der Waals surface area contributed by atoms with Crippen LogP contribution in [0.15, 0.2) is 78.9 Å². The fourth-order valence-electron chi connectivity index (χ4n) is 3.71. The Hall–Kier alpha value is -3.67. The molecule has 3 rings (SSSR count). The van der Waals surface area contributed by atoms with Crippen molar-refractivity contribution >= 4 is 11.8 Å². The summed E-state index contributed by atoms with van der Waals surface area (Å²) in [5.74, 6) is -0.496. The van der Waals surface area contributed by atoms with Crippen molar-refractivity contribution in [2.24, 2.45) is 0 Å². The fourth-order valence-corrected chi connectivity index (χ4v) is 3.71. The molecule has 1 N–H and O–H groups in total. The summed E-state index contributed by atoms with van der Waals surface area (Å²) in [5.41, 5.74) is 3.00. The molecule has 0 saturated heterocycles. The van der Waals surface area contributed by atoms with Crippen LogP contribution in [0.2, 0.25) is 0 Å². The van der Waals surface area contributed by atoms with Gasteiger partial charge >= 0.3 is 0 Å². The van der Waals surface area contributed by atoms with E-state index in [2.05, 4.69) is 12.2 Å². The van der Waals surface area contributed by atoms with Gasteiger partial charge in [0, 0.05) is 19.5 Å². The van der Waals surface area contributed by atoms with E-state index in [1.807, 2.05) is 61.5 Å². The van der Waals surface area contributed by atoms with Crippen LogP contribution in [-0.2, 0) is 22.6 Å². The smallest absolute Gasteiger partial charge is 0.261 e. The summed E-state index contributed by atoms with van der Waals surface area (Å²) < 4.78 is 18.9. The van der Waals surface area contributed by atoms with Crippen LogP contribution in [0, 0.1) is 12.7 Å². The Bertz CT molecular complexity index is 1070. The first-order chi connectivity index (χ1) is 17.0. The van der Waals surface area contributed by atoms with Gasteiger partial charge in [-0.2, -0.15) is 0 Å². The number of carbonyl (C=O) groups is 2. The number of nitrogens with zero attached hydrogens (tertiary/aromatic N) is 1. The zero-order valence-corrected chi connectivity index (χ0v) is 20.4. The Kier molecular flexibility index (Phi) is 9.84. The van der Waals surface area contributed by atoms with Gasteiger partial charge in [-0.3, -0.25) is 9.59 Å². The van der Waals surface area contributed by atoms with Crippen molar-refractivity contribution in [1.29, 1.82) is 0 Å². The lowest BCUT2D eigenvalue weighted by Crippen LogP contribution is -2.51. The Morgan fingerprint density at radius 2 is 1.63 bits per heavy atom. The molecule has 0 fully saturated rings. The maximum Gasteiger partial charge on any atom is 0.261 e. The van der Waals surface area contributed by atoms with E-state index in [1.165, 1.54) is 24.3 Å². The molecule has 0 spiro atoms. The number of rotatable bonds is 12. The van der Waals surface area contributed by atoms with Crippen molar-refractivity contribution in [3.8, 4) is 5.75 Å². The third kappa shape index (κ3) is 8.25. The molecule has 5 nitrogen and oxygen atoms in total. The Balaban J connectivity index is 1.86. The van der Waals surface area contributed by atoms with Crippen LogP contribution < -0.4 is 10.1 Å². The first-order valence-electron chi connectivity index (χ1n) is 12.0. The molecular weight excluding hydrogens is 443 g/mol. The molecule has 0 aliphatic carbocycles. The molecule has 3 aromatic carbocycles. The maximum absolute atomic E-state index is 13.5. The number of carbonyl (C=O) groups excluding carboxylic acids is 2. The molecule has 0 saturated carbocycles. The molecule has 1 atom stereocenters. The van der Waals surface area contributed by atoms with Gasteiger partial charge in [-0.15, -0.1) is 0 Å². The second kappa shape index (κ2) is 13.3. The van der Waals surface area contributed by atoms with Gasteiger partial charge in [0.05, 0.1) is 0 Å². The molecule has 184 valence electrons. The largest absolute Gasteiger partial charge is 0.484 e. The summed E-state index contributed by atoms with van der Waals surface area (Å²) in [6.07, 6.45) is 2.21. The molecule has 3 aromatic rings. The second-order valence-electron chi connectivity index (χ2n) is 8.60.